The number of benzene rings is 2. The first-order valence-electron chi connectivity index (χ1n) is 7.75. The van der Waals surface area contributed by atoms with Gasteiger partial charge in [0.25, 0.3) is 11.8 Å². The molecule has 0 fully saturated rings. The summed E-state index contributed by atoms with van der Waals surface area (Å²) in [7, 11) is 0. The highest BCUT2D eigenvalue weighted by atomic mass is 19.4. The molecule has 0 saturated carbocycles. The lowest BCUT2D eigenvalue weighted by Crippen LogP contribution is -2.29. The Bertz CT molecular complexity index is 749. The van der Waals surface area contributed by atoms with E-state index in [-0.39, 0.29) is 24.6 Å². The van der Waals surface area contributed by atoms with E-state index in [9.17, 15) is 22.8 Å². The normalized spacial score (nSPS) is 11.0. The molecule has 0 aliphatic heterocycles. The van der Waals surface area contributed by atoms with Gasteiger partial charge in [-0.2, -0.15) is 13.2 Å². The molecule has 0 heterocycles. The number of hydrogen-bond acceptors (Lipinski definition) is 3. The molecular weight excluding hydrogens is 349 g/mol. The van der Waals surface area contributed by atoms with Crippen LogP contribution in [0, 0.1) is 0 Å². The quantitative estimate of drug-likeness (QED) is 0.740. The summed E-state index contributed by atoms with van der Waals surface area (Å²) in [6, 6.07) is 14.8. The molecule has 0 radical (unpaired) electrons. The highest BCUT2D eigenvalue weighted by molar-refractivity contribution is 6.08. The van der Waals surface area contributed by atoms with Crippen molar-refractivity contribution >= 4 is 17.5 Å². The van der Waals surface area contributed by atoms with Crippen LogP contribution in [0.25, 0.3) is 0 Å². The van der Waals surface area contributed by atoms with Crippen LogP contribution in [-0.2, 0) is 4.74 Å². The van der Waals surface area contributed by atoms with E-state index in [1.807, 2.05) is 0 Å². The van der Waals surface area contributed by atoms with Gasteiger partial charge < -0.3 is 15.4 Å². The molecule has 8 heteroatoms. The lowest BCUT2D eigenvalue weighted by molar-refractivity contribution is -0.173. The number of carbonyl (C=O) groups excluding carboxylic acids is 2. The zero-order valence-corrected chi connectivity index (χ0v) is 13.7. The van der Waals surface area contributed by atoms with Gasteiger partial charge in [-0.15, -0.1) is 0 Å². The van der Waals surface area contributed by atoms with Crippen molar-refractivity contribution < 1.29 is 27.5 Å². The molecule has 2 aromatic rings. The number of halogens is 3. The fraction of sp³-hybridized carbons (Fsp3) is 0.222. The minimum atomic E-state index is -4.40. The molecule has 2 amide bonds. The van der Waals surface area contributed by atoms with E-state index < -0.39 is 18.7 Å². The van der Waals surface area contributed by atoms with Gasteiger partial charge in [-0.25, -0.2) is 0 Å². The SMILES string of the molecule is O=C(Nc1ccccc1C(=O)NCCOCC(F)(F)F)c1ccccc1. The van der Waals surface area contributed by atoms with E-state index in [1.165, 1.54) is 6.07 Å². The molecule has 0 saturated heterocycles. The number of anilines is 1. The minimum Gasteiger partial charge on any atom is -0.370 e. The van der Waals surface area contributed by atoms with Gasteiger partial charge in [-0.1, -0.05) is 30.3 Å². The van der Waals surface area contributed by atoms with Crippen LogP contribution in [0.15, 0.2) is 54.6 Å². The summed E-state index contributed by atoms with van der Waals surface area (Å²) in [6.45, 7) is -1.73. The maximum absolute atomic E-state index is 12.2. The van der Waals surface area contributed by atoms with Crippen molar-refractivity contribution in [2.24, 2.45) is 0 Å². The Morgan fingerprint density at radius 3 is 2.27 bits per heavy atom. The number of rotatable bonds is 7. The molecule has 138 valence electrons. The zero-order valence-electron chi connectivity index (χ0n) is 13.7. The van der Waals surface area contributed by atoms with Crippen molar-refractivity contribution in [2.45, 2.75) is 6.18 Å². The molecule has 2 N–H and O–H groups in total. The molecule has 26 heavy (non-hydrogen) atoms. The molecule has 0 spiro atoms. The maximum Gasteiger partial charge on any atom is 0.411 e. The van der Waals surface area contributed by atoms with Crippen molar-refractivity contribution in [1.29, 1.82) is 0 Å². The molecule has 2 aromatic carbocycles. The van der Waals surface area contributed by atoms with Gasteiger partial charge in [-0.05, 0) is 24.3 Å². The standard InChI is InChI=1S/C18H17F3N2O3/c19-18(20,21)12-26-11-10-22-17(25)14-8-4-5-9-15(14)23-16(24)13-6-2-1-3-7-13/h1-9H,10-12H2,(H,22,25)(H,23,24). The third-order valence-electron chi connectivity index (χ3n) is 3.25. The first-order valence-corrected chi connectivity index (χ1v) is 7.75. The minimum absolute atomic E-state index is 0.0874. The van der Waals surface area contributed by atoms with Crippen molar-refractivity contribution in [3.8, 4) is 0 Å². The Hall–Kier alpha value is -2.87. The molecule has 0 unspecified atom stereocenters. The Balaban J connectivity index is 1.93. The fourth-order valence-corrected chi connectivity index (χ4v) is 2.09. The van der Waals surface area contributed by atoms with E-state index in [2.05, 4.69) is 15.4 Å². The summed E-state index contributed by atoms with van der Waals surface area (Å²) >= 11 is 0. The number of ether oxygens (including phenoxy) is 1. The molecular formula is C18H17F3N2O3. The lowest BCUT2D eigenvalue weighted by Gasteiger charge is -2.12. The van der Waals surface area contributed by atoms with Crippen molar-refractivity contribution in [3.63, 3.8) is 0 Å². The van der Waals surface area contributed by atoms with Gasteiger partial charge in [0.15, 0.2) is 0 Å². The van der Waals surface area contributed by atoms with Gasteiger partial charge in [0.1, 0.15) is 6.61 Å². The summed E-state index contributed by atoms with van der Waals surface area (Å²) < 4.78 is 40.3. The van der Waals surface area contributed by atoms with Crippen LogP contribution in [0.3, 0.4) is 0 Å². The number of alkyl halides is 3. The molecule has 0 bridgehead atoms. The van der Waals surface area contributed by atoms with Crippen molar-refractivity contribution in [3.05, 3.63) is 65.7 Å². The zero-order chi connectivity index (χ0) is 19.0. The smallest absolute Gasteiger partial charge is 0.370 e. The summed E-state index contributed by atoms with van der Waals surface area (Å²) in [5.41, 5.74) is 0.936. The molecule has 5 nitrogen and oxygen atoms in total. The van der Waals surface area contributed by atoms with Gasteiger partial charge in [0.2, 0.25) is 0 Å². The highest BCUT2D eigenvalue weighted by Gasteiger charge is 2.27. The monoisotopic (exact) mass is 366 g/mol. The van der Waals surface area contributed by atoms with Crippen molar-refractivity contribution in [1.82, 2.24) is 5.32 Å². The lowest BCUT2D eigenvalue weighted by atomic mass is 10.1. The molecule has 0 aliphatic carbocycles. The number of carbonyl (C=O) groups is 2. The second-order valence-electron chi connectivity index (χ2n) is 5.29. The average molecular weight is 366 g/mol. The summed E-state index contributed by atoms with van der Waals surface area (Å²) in [6.07, 6.45) is -4.40. The van der Waals surface area contributed by atoms with Crippen LogP contribution in [-0.4, -0.2) is 37.7 Å². The molecule has 0 atom stereocenters. The maximum atomic E-state index is 12.2. The van der Waals surface area contributed by atoms with Gasteiger partial charge >= 0.3 is 6.18 Å². The number of nitrogens with one attached hydrogen (secondary N) is 2. The van der Waals surface area contributed by atoms with E-state index in [0.29, 0.717) is 11.3 Å². The van der Waals surface area contributed by atoms with Gasteiger partial charge in [0.05, 0.1) is 17.9 Å². The van der Waals surface area contributed by atoms with E-state index in [4.69, 9.17) is 0 Å². The van der Waals surface area contributed by atoms with Gasteiger partial charge in [-0.3, -0.25) is 9.59 Å². The Labute approximate surface area is 148 Å². The second kappa shape index (κ2) is 9.00. The predicted molar refractivity (Wildman–Crippen MR) is 90.0 cm³/mol. The Kier molecular flexibility index (Phi) is 6.74. The van der Waals surface area contributed by atoms with Crippen molar-refractivity contribution in [2.75, 3.05) is 25.1 Å². The van der Waals surface area contributed by atoms with Crippen LogP contribution in [0.1, 0.15) is 20.7 Å². The highest BCUT2D eigenvalue weighted by Crippen LogP contribution is 2.16. The van der Waals surface area contributed by atoms with E-state index in [1.54, 1.807) is 48.5 Å². The average Bonchev–Trinajstić information content (AvgIpc) is 2.61. The predicted octanol–water partition coefficient (Wildman–Crippen LogP) is 3.25. The Morgan fingerprint density at radius 1 is 0.923 bits per heavy atom. The van der Waals surface area contributed by atoms with Crippen LogP contribution < -0.4 is 10.6 Å². The third kappa shape index (κ3) is 6.21. The van der Waals surface area contributed by atoms with E-state index in [0.717, 1.165) is 0 Å². The summed E-state index contributed by atoms with van der Waals surface area (Å²) in [4.78, 5) is 24.4. The van der Waals surface area contributed by atoms with Crippen LogP contribution in [0.5, 0.6) is 0 Å². The fourth-order valence-electron chi connectivity index (χ4n) is 2.09. The number of amides is 2. The summed E-state index contributed by atoms with van der Waals surface area (Å²) in [5, 5.41) is 5.11. The largest absolute Gasteiger partial charge is 0.411 e. The Morgan fingerprint density at radius 2 is 1.58 bits per heavy atom. The summed E-state index contributed by atoms with van der Waals surface area (Å²) in [5.74, 6) is -0.899. The first-order chi connectivity index (χ1) is 12.4. The van der Waals surface area contributed by atoms with Crippen LogP contribution in [0.2, 0.25) is 0 Å². The van der Waals surface area contributed by atoms with E-state index >= 15 is 0 Å². The number of para-hydroxylation sites is 1. The third-order valence-corrected chi connectivity index (χ3v) is 3.25. The first kappa shape index (κ1) is 19.5. The van der Waals surface area contributed by atoms with Crippen LogP contribution >= 0.6 is 0 Å². The molecule has 0 aliphatic rings. The molecule has 0 aromatic heterocycles. The second-order valence-corrected chi connectivity index (χ2v) is 5.29. The van der Waals surface area contributed by atoms with Gasteiger partial charge in [0, 0.05) is 12.1 Å². The molecule has 2 rings (SSSR count). The van der Waals surface area contributed by atoms with Crippen LogP contribution in [0.4, 0.5) is 18.9 Å². The topological polar surface area (TPSA) is 67.4 Å². The number of hydrogen-bond donors (Lipinski definition) is 2.